The van der Waals surface area contributed by atoms with E-state index in [-0.39, 0.29) is 11.8 Å². The van der Waals surface area contributed by atoms with Crippen molar-refractivity contribution in [2.75, 3.05) is 31.5 Å². The van der Waals surface area contributed by atoms with Crippen LogP contribution in [-0.2, 0) is 6.54 Å². The Morgan fingerprint density at radius 1 is 0.929 bits per heavy atom. The summed E-state index contributed by atoms with van der Waals surface area (Å²) in [6, 6.07) is 10.6. The SMILES string of the molecule is O=C(c1ccc(NCc2ccco2)nc1)N1CCN(C(=O)c2ccco2)CC1. The third-order valence-corrected chi connectivity index (χ3v) is 4.62. The van der Waals surface area contributed by atoms with Crippen molar-refractivity contribution < 1.29 is 18.4 Å². The minimum Gasteiger partial charge on any atom is -0.467 e. The first-order valence-corrected chi connectivity index (χ1v) is 9.05. The maximum atomic E-state index is 12.7. The molecule has 1 aliphatic rings. The van der Waals surface area contributed by atoms with Gasteiger partial charge in [-0.2, -0.15) is 0 Å². The van der Waals surface area contributed by atoms with Gasteiger partial charge in [0.2, 0.25) is 0 Å². The van der Waals surface area contributed by atoms with Gasteiger partial charge in [-0.1, -0.05) is 0 Å². The highest BCUT2D eigenvalue weighted by atomic mass is 16.3. The van der Waals surface area contributed by atoms with Crippen LogP contribution in [0.15, 0.2) is 64.0 Å². The molecule has 1 N–H and O–H groups in total. The van der Waals surface area contributed by atoms with E-state index >= 15 is 0 Å². The van der Waals surface area contributed by atoms with Crippen molar-refractivity contribution in [1.82, 2.24) is 14.8 Å². The average Bonchev–Trinajstić information content (AvgIpc) is 3.46. The summed E-state index contributed by atoms with van der Waals surface area (Å²) in [5.74, 6) is 1.56. The molecule has 0 unspecified atom stereocenters. The number of furan rings is 2. The van der Waals surface area contributed by atoms with Crippen LogP contribution < -0.4 is 5.32 Å². The van der Waals surface area contributed by atoms with Crippen molar-refractivity contribution in [3.63, 3.8) is 0 Å². The summed E-state index contributed by atoms with van der Waals surface area (Å²) in [6.07, 6.45) is 4.66. The molecule has 0 aliphatic carbocycles. The van der Waals surface area contributed by atoms with Crippen LogP contribution in [0.2, 0.25) is 0 Å². The van der Waals surface area contributed by atoms with Crippen molar-refractivity contribution in [1.29, 1.82) is 0 Å². The van der Waals surface area contributed by atoms with Crippen molar-refractivity contribution in [2.45, 2.75) is 6.54 Å². The molecular weight excluding hydrogens is 360 g/mol. The summed E-state index contributed by atoms with van der Waals surface area (Å²) in [5, 5.41) is 3.14. The van der Waals surface area contributed by atoms with Crippen molar-refractivity contribution >= 4 is 17.6 Å². The number of carbonyl (C=O) groups excluding carboxylic acids is 2. The molecule has 0 radical (unpaired) electrons. The first-order chi connectivity index (χ1) is 13.7. The number of hydrogen-bond donors (Lipinski definition) is 1. The molecule has 0 spiro atoms. The first-order valence-electron chi connectivity index (χ1n) is 9.05. The minimum absolute atomic E-state index is 0.0878. The topological polar surface area (TPSA) is 91.8 Å². The Labute approximate surface area is 161 Å². The lowest BCUT2D eigenvalue weighted by molar-refractivity contribution is 0.0518. The monoisotopic (exact) mass is 380 g/mol. The lowest BCUT2D eigenvalue weighted by atomic mass is 10.2. The molecule has 0 bridgehead atoms. The van der Waals surface area contributed by atoms with Crippen LogP contribution in [0.1, 0.15) is 26.7 Å². The first kappa shape index (κ1) is 17.8. The van der Waals surface area contributed by atoms with E-state index in [4.69, 9.17) is 8.83 Å². The largest absolute Gasteiger partial charge is 0.467 e. The van der Waals surface area contributed by atoms with Gasteiger partial charge in [0.15, 0.2) is 5.76 Å². The second-order valence-corrected chi connectivity index (χ2v) is 6.43. The van der Waals surface area contributed by atoms with Gasteiger partial charge in [-0.3, -0.25) is 9.59 Å². The van der Waals surface area contributed by atoms with Gasteiger partial charge in [-0.25, -0.2) is 4.98 Å². The van der Waals surface area contributed by atoms with E-state index in [1.54, 1.807) is 46.5 Å². The van der Waals surface area contributed by atoms with E-state index in [1.165, 1.54) is 6.26 Å². The summed E-state index contributed by atoms with van der Waals surface area (Å²) in [5.41, 5.74) is 0.523. The van der Waals surface area contributed by atoms with Crippen LogP contribution in [0, 0.1) is 0 Å². The zero-order chi connectivity index (χ0) is 19.3. The molecule has 1 saturated heterocycles. The summed E-state index contributed by atoms with van der Waals surface area (Å²) in [6.45, 7) is 2.43. The Kier molecular flexibility index (Phi) is 5.09. The molecule has 1 aliphatic heterocycles. The smallest absolute Gasteiger partial charge is 0.289 e. The van der Waals surface area contributed by atoms with Crippen LogP contribution >= 0.6 is 0 Å². The van der Waals surface area contributed by atoms with E-state index in [0.717, 1.165) is 5.76 Å². The van der Waals surface area contributed by atoms with Gasteiger partial charge >= 0.3 is 0 Å². The number of piperazine rings is 1. The Hall–Kier alpha value is -3.55. The fourth-order valence-electron chi connectivity index (χ4n) is 3.07. The van der Waals surface area contributed by atoms with E-state index in [9.17, 15) is 9.59 Å². The molecule has 0 aromatic carbocycles. The summed E-state index contributed by atoms with van der Waals surface area (Å²) >= 11 is 0. The fourth-order valence-corrected chi connectivity index (χ4v) is 3.07. The third-order valence-electron chi connectivity index (χ3n) is 4.62. The number of anilines is 1. The molecule has 2 amide bonds. The van der Waals surface area contributed by atoms with Crippen LogP contribution in [0.5, 0.6) is 0 Å². The Morgan fingerprint density at radius 2 is 1.64 bits per heavy atom. The number of pyridine rings is 1. The van der Waals surface area contributed by atoms with Crippen LogP contribution in [0.4, 0.5) is 5.82 Å². The van der Waals surface area contributed by atoms with Gasteiger partial charge in [0.25, 0.3) is 11.8 Å². The molecule has 0 saturated carbocycles. The van der Waals surface area contributed by atoms with Gasteiger partial charge < -0.3 is 24.0 Å². The van der Waals surface area contributed by atoms with E-state index < -0.39 is 0 Å². The second-order valence-electron chi connectivity index (χ2n) is 6.43. The fraction of sp³-hybridized carbons (Fsp3) is 0.250. The van der Waals surface area contributed by atoms with E-state index in [0.29, 0.717) is 49.9 Å². The maximum absolute atomic E-state index is 12.7. The molecule has 4 rings (SSSR count). The zero-order valence-corrected chi connectivity index (χ0v) is 15.2. The molecule has 28 heavy (non-hydrogen) atoms. The summed E-state index contributed by atoms with van der Waals surface area (Å²) in [7, 11) is 0. The van der Waals surface area contributed by atoms with Gasteiger partial charge in [0.05, 0.1) is 24.6 Å². The molecule has 8 nitrogen and oxygen atoms in total. The molecule has 4 heterocycles. The molecule has 3 aromatic heterocycles. The van der Waals surface area contributed by atoms with Gasteiger partial charge in [0, 0.05) is 32.4 Å². The molecule has 8 heteroatoms. The predicted molar refractivity (Wildman–Crippen MR) is 101 cm³/mol. The van der Waals surface area contributed by atoms with Crippen LogP contribution in [0.3, 0.4) is 0 Å². The maximum Gasteiger partial charge on any atom is 0.289 e. The minimum atomic E-state index is -0.147. The number of rotatable bonds is 5. The summed E-state index contributed by atoms with van der Waals surface area (Å²) < 4.78 is 10.4. The third kappa shape index (κ3) is 3.90. The highest BCUT2D eigenvalue weighted by molar-refractivity contribution is 5.95. The van der Waals surface area contributed by atoms with Crippen molar-refractivity contribution in [3.8, 4) is 0 Å². The van der Waals surface area contributed by atoms with Crippen molar-refractivity contribution in [2.24, 2.45) is 0 Å². The molecule has 1 fully saturated rings. The zero-order valence-electron chi connectivity index (χ0n) is 15.2. The number of carbonyl (C=O) groups is 2. The number of hydrogen-bond acceptors (Lipinski definition) is 6. The van der Waals surface area contributed by atoms with E-state index in [2.05, 4.69) is 10.3 Å². The molecule has 144 valence electrons. The Balaban J connectivity index is 1.30. The molecular formula is C20H20N4O4. The standard InChI is InChI=1S/C20H20N4O4/c25-19(15-5-6-18(21-13-15)22-14-16-3-1-11-27-16)23-7-9-24(10-8-23)20(26)17-4-2-12-28-17/h1-6,11-13H,7-10,14H2,(H,21,22). The van der Waals surface area contributed by atoms with Gasteiger partial charge in [-0.05, 0) is 36.4 Å². The van der Waals surface area contributed by atoms with Crippen LogP contribution in [0.25, 0.3) is 0 Å². The number of amides is 2. The number of aromatic nitrogens is 1. The van der Waals surface area contributed by atoms with Crippen molar-refractivity contribution in [3.05, 3.63) is 72.2 Å². The van der Waals surface area contributed by atoms with Gasteiger partial charge in [-0.15, -0.1) is 0 Å². The van der Waals surface area contributed by atoms with Gasteiger partial charge in [0.1, 0.15) is 11.6 Å². The quantitative estimate of drug-likeness (QED) is 0.731. The lowest BCUT2D eigenvalue weighted by Crippen LogP contribution is -2.50. The van der Waals surface area contributed by atoms with E-state index in [1.807, 2.05) is 12.1 Å². The Morgan fingerprint density at radius 3 is 2.25 bits per heavy atom. The normalized spacial score (nSPS) is 14.1. The second kappa shape index (κ2) is 7.99. The average molecular weight is 380 g/mol. The predicted octanol–water partition coefficient (Wildman–Crippen LogP) is 2.48. The number of nitrogens with zero attached hydrogens (tertiary/aromatic N) is 3. The lowest BCUT2D eigenvalue weighted by Gasteiger charge is -2.34. The van der Waals surface area contributed by atoms with Crippen LogP contribution in [-0.4, -0.2) is 52.8 Å². The summed E-state index contributed by atoms with van der Waals surface area (Å²) in [4.78, 5) is 32.7. The molecule has 0 atom stereocenters. The Bertz CT molecular complexity index is 912. The molecule has 3 aromatic rings. The highest BCUT2D eigenvalue weighted by Crippen LogP contribution is 2.13. The number of nitrogens with one attached hydrogen (secondary N) is 1. The highest BCUT2D eigenvalue weighted by Gasteiger charge is 2.26.